The molecule has 100 valence electrons. The molecule has 0 amide bonds. The summed E-state index contributed by atoms with van der Waals surface area (Å²) < 4.78 is 31.6. The van der Waals surface area contributed by atoms with Gasteiger partial charge in [-0.3, -0.25) is 14.7 Å². The van der Waals surface area contributed by atoms with Crippen molar-refractivity contribution in [1.29, 1.82) is 0 Å². The summed E-state index contributed by atoms with van der Waals surface area (Å²) in [6, 6.07) is 4.24. The molecular weight excluding hydrogens is 276 g/mol. The molecular formula is C10H9N2O6S+. The quantitative estimate of drug-likeness (QED) is 0.418. The van der Waals surface area contributed by atoms with Crippen LogP contribution in [0.15, 0.2) is 29.2 Å². The Hall–Kier alpha value is -2.23. The summed E-state index contributed by atoms with van der Waals surface area (Å²) in [7, 11) is -4.62. The molecule has 0 aliphatic rings. The number of phenolic OH excluding ortho intramolecular Hbond substituents is 1. The molecule has 2 rings (SSSR count). The number of phenols is 1. The Morgan fingerprint density at radius 1 is 1.21 bits per heavy atom. The Kier molecular flexibility index (Phi) is 2.89. The van der Waals surface area contributed by atoms with Crippen molar-refractivity contribution in [2.45, 2.75) is 4.90 Å². The van der Waals surface area contributed by atoms with E-state index >= 15 is 0 Å². The number of rotatable bonds is 2. The number of aromatic hydroxyl groups is 1. The predicted octanol–water partition coefficient (Wildman–Crippen LogP) is 0.574. The molecule has 19 heavy (non-hydrogen) atoms. The molecule has 0 bridgehead atoms. The van der Waals surface area contributed by atoms with Crippen molar-refractivity contribution in [2.75, 3.05) is 0 Å². The fraction of sp³-hybridized carbons (Fsp3) is 0. The van der Waals surface area contributed by atoms with Gasteiger partial charge in [0.2, 0.25) is 0 Å². The summed E-state index contributed by atoms with van der Waals surface area (Å²) in [5, 5.41) is 20.4. The van der Waals surface area contributed by atoms with Crippen LogP contribution in [-0.4, -0.2) is 23.0 Å². The minimum absolute atomic E-state index is 0.0699. The van der Waals surface area contributed by atoms with E-state index in [1.165, 1.54) is 6.07 Å². The monoisotopic (exact) mass is 285 g/mol. The van der Waals surface area contributed by atoms with Crippen LogP contribution in [0.5, 0.6) is 5.75 Å². The van der Waals surface area contributed by atoms with Gasteiger partial charge >= 0.3 is 0 Å². The average Bonchev–Trinajstić information content (AvgIpc) is 2.31. The lowest BCUT2D eigenvalue weighted by Gasteiger charge is -2.06. The molecule has 5 N–H and O–H groups in total. The van der Waals surface area contributed by atoms with Gasteiger partial charge in [0.25, 0.3) is 15.8 Å². The molecule has 0 unspecified atom stereocenters. The first-order valence-corrected chi connectivity index (χ1v) is 6.39. The Bertz CT molecular complexity index is 799. The van der Waals surface area contributed by atoms with Crippen LogP contribution in [-0.2, 0) is 10.1 Å². The van der Waals surface area contributed by atoms with Crippen molar-refractivity contribution >= 4 is 32.3 Å². The molecule has 0 saturated heterocycles. The molecule has 0 aromatic heterocycles. The van der Waals surface area contributed by atoms with Gasteiger partial charge in [0.05, 0.1) is 4.92 Å². The second kappa shape index (κ2) is 4.16. The number of quaternary nitrogens is 1. The Morgan fingerprint density at radius 3 is 2.37 bits per heavy atom. The molecule has 0 spiro atoms. The Morgan fingerprint density at radius 2 is 1.84 bits per heavy atom. The van der Waals surface area contributed by atoms with Crippen LogP contribution in [0.1, 0.15) is 0 Å². The first-order valence-electron chi connectivity index (χ1n) is 4.95. The number of fused-ring (bicyclic) bond motifs is 1. The Balaban J connectivity index is 2.99. The van der Waals surface area contributed by atoms with E-state index in [2.05, 4.69) is 5.73 Å². The number of benzene rings is 2. The van der Waals surface area contributed by atoms with E-state index in [1.807, 2.05) is 0 Å². The lowest BCUT2D eigenvalue weighted by molar-refractivity contribution is -0.384. The fourth-order valence-electron chi connectivity index (χ4n) is 1.75. The third-order valence-corrected chi connectivity index (χ3v) is 3.55. The average molecular weight is 285 g/mol. The summed E-state index contributed by atoms with van der Waals surface area (Å²) in [4.78, 5) is 9.39. The van der Waals surface area contributed by atoms with Crippen LogP contribution in [0.4, 0.5) is 11.4 Å². The zero-order chi connectivity index (χ0) is 14.4. The van der Waals surface area contributed by atoms with Gasteiger partial charge in [-0.15, -0.1) is 0 Å². The van der Waals surface area contributed by atoms with Crippen LogP contribution >= 0.6 is 0 Å². The summed E-state index contributed by atoms with van der Waals surface area (Å²) in [6.45, 7) is 0. The maximum absolute atomic E-state index is 11.2. The lowest BCUT2D eigenvalue weighted by atomic mass is 10.1. The maximum atomic E-state index is 11.2. The van der Waals surface area contributed by atoms with Gasteiger partial charge in [-0.05, 0) is 6.07 Å². The minimum atomic E-state index is -4.62. The van der Waals surface area contributed by atoms with E-state index in [4.69, 9.17) is 4.55 Å². The number of hydrogen-bond acceptors (Lipinski definition) is 5. The number of nitro benzene ring substituents is 1. The molecule has 9 heteroatoms. The highest BCUT2D eigenvalue weighted by Gasteiger charge is 2.22. The summed E-state index contributed by atoms with van der Waals surface area (Å²) >= 11 is 0. The molecule has 0 heterocycles. The maximum Gasteiger partial charge on any atom is 0.295 e. The van der Waals surface area contributed by atoms with Crippen LogP contribution < -0.4 is 5.73 Å². The van der Waals surface area contributed by atoms with Crippen LogP contribution in [0, 0.1) is 10.1 Å². The third-order valence-electron chi connectivity index (χ3n) is 2.66. The van der Waals surface area contributed by atoms with E-state index in [-0.39, 0.29) is 22.1 Å². The SMILES string of the molecule is [NH3+]c1c(O)cc(S(=O)(=O)O)c2cc([N+](=O)[O-])ccc12. The van der Waals surface area contributed by atoms with Gasteiger partial charge < -0.3 is 10.8 Å². The van der Waals surface area contributed by atoms with Crippen LogP contribution in [0.3, 0.4) is 0 Å². The number of non-ortho nitro benzene ring substituents is 1. The highest BCUT2D eigenvalue weighted by atomic mass is 32.2. The van der Waals surface area contributed by atoms with Crippen molar-refractivity contribution < 1.29 is 28.7 Å². The van der Waals surface area contributed by atoms with Gasteiger partial charge in [-0.2, -0.15) is 8.42 Å². The zero-order valence-corrected chi connectivity index (χ0v) is 10.2. The van der Waals surface area contributed by atoms with Crippen LogP contribution in [0.25, 0.3) is 10.8 Å². The topological polar surface area (TPSA) is 145 Å². The molecule has 8 nitrogen and oxygen atoms in total. The van der Waals surface area contributed by atoms with E-state index < -0.39 is 25.7 Å². The first-order chi connectivity index (χ1) is 8.71. The van der Waals surface area contributed by atoms with Gasteiger partial charge in [0, 0.05) is 29.0 Å². The lowest BCUT2D eigenvalue weighted by Crippen LogP contribution is -2.40. The third kappa shape index (κ3) is 2.21. The smallest absolute Gasteiger partial charge is 0.295 e. The highest BCUT2D eigenvalue weighted by Crippen LogP contribution is 2.35. The van der Waals surface area contributed by atoms with Gasteiger partial charge in [-0.1, -0.05) is 0 Å². The van der Waals surface area contributed by atoms with Crippen molar-refractivity contribution in [3.05, 3.63) is 34.4 Å². The van der Waals surface area contributed by atoms with Gasteiger partial charge in [0.1, 0.15) is 4.90 Å². The molecule has 2 aromatic rings. The van der Waals surface area contributed by atoms with Crippen LogP contribution in [0.2, 0.25) is 0 Å². The summed E-state index contributed by atoms with van der Waals surface area (Å²) in [6.07, 6.45) is 0. The van der Waals surface area contributed by atoms with Gasteiger partial charge in [-0.25, -0.2) is 0 Å². The molecule has 0 fully saturated rings. The number of nitrogens with zero attached hydrogens (tertiary/aromatic N) is 1. The number of nitro groups is 1. The first kappa shape index (κ1) is 13.2. The minimum Gasteiger partial charge on any atom is -0.503 e. The van der Waals surface area contributed by atoms with Crippen molar-refractivity contribution in [2.24, 2.45) is 0 Å². The molecule has 0 aliphatic carbocycles. The van der Waals surface area contributed by atoms with E-state index in [0.29, 0.717) is 0 Å². The molecule has 0 radical (unpaired) electrons. The Labute approximate surface area is 107 Å². The predicted molar refractivity (Wildman–Crippen MR) is 64.6 cm³/mol. The second-order valence-corrected chi connectivity index (χ2v) is 5.22. The molecule has 0 atom stereocenters. The zero-order valence-electron chi connectivity index (χ0n) is 9.40. The highest BCUT2D eigenvalue weighted by molar-refractivity contribution is 7.86. The van der Waals surface area contributed by atoms with Crippen molar-refractivity contribution in [3.63, 3.8) is 0 Å². The largest absolute Gasteiger partial charge is 0.503 e. The van der Waals surface area contributed by atoms with E-state index in [1.54, 1.807) is 0 Å². The van der Waals surface area contributed by atoms with E-state index in [9.17, 15) is 23.6 Å². The van der Waals surface area contributed by atoms with Gasteiger partial charge in [0.15, 0.2) is 11.4 Å². The van der Waals surface area contributed by atoms with E-state index in [0.717, 1.165) is 18.2 Å². The normalized spacial score (nSPS) is 11.7. The number of hydrogen-bond donors (Lipinski definition) is 3. The standard InChI is InChI=1S/C10H8N2O6S/c11-10-6-2-1-5(12(14)15)3-7(6)9(4-8(10)13)19(16,17)18/h1-4,13H,11H2,(H,16,17,18)/p+1. The summed E-state index contributed by atoms with van der Waals surface area (Å²) in [5.74, 6) is -0.422. The molecule has 0 aliphatic heterocycles. The van der Waals surface area contributed by atoms with Crippen molar-refractivity contribution in [3.8, 4) is 5.75 Å². The molecule has 2 aromatic carbocycles. The molecule has 0 saturated carbocycles. The second-order valence-electron chi connectivity index (χ2n) is 3.83. The fourth-order valence-corrected chi connectivity index (χ4v) is 2.46. The summed E-state index contributed by atoms with van der Waals surface area (Å²) in [5.41, 5.74) is 3.34. The van der Waals surface area contributed by atoms with Crippen molar-refractivity contribution in [1.82, 2.24) is 0 Å².